The van der Waals surface area contributed by atoms with Gasteiger partial charge in [0.1, 0.15) is 18.4 Å². The van der Waals surface area contributed by atoms with Crippen LogP contribution in [0.4, 0.5) is 0 Å². The summed E-state index contributed by atoms with van der Waals surface area (Å²) in [5.74, 6) is 2.23. The van der Waals surface area contributed by atoms with Crippen LogP contribution in [0.3, 0.4) is 0 Å². The van der Waals surface area contributed by atoms with Crippen molar-refractivity contribution in [2.24, 2.45) is 0 Å². The number of benzene rings is 1. The normalized spacial score (nSPS) is 13.3. The fourth-order valence-corrected chi connectivity index (χ4v) is 3.12. The van der Waals surface area contributed by atoms with Gasteiger partial charge in [-0.15, -0.1) is 11.8 Å². The number of hydrogen-bond donors (Lipinski definition) is 0. The summed E-state index contributed by atoms with van der Waals surface area (Å²) in [6.45, 7) is 1.18. The Labute approximate surface area is 131 Å². The van der Waals surface area contributed by atoms with Gasteiger partial charge < -0.3 is 9.47 Å². The Morgan fingerprint density at radius 3 is 2.70 bits per heavy atom. The van der Waals surface area contributed by atoms with Gasteiger partial charge in [0.15, 0.2) is 11.5 Å². The number of aromatic nitrogens is 1. The van der Waals surface area contributed by atoms with Gasteiger partial charge in [0.2, 0.25) is 0 Å². The predicted molar refractivity (Wildman–Crippen MR) is 81.3 cm³/mol. The van der Waals surface area contributed by atoms with Crippen LogP contribution in [0.2, 0.25) is 10.2 Å². The molecule has 0 spiro atoms. The third-order valence-electron chi connectivity index (χ3n) is 2.77. The van der Waals surface area contributed by atoms with Gasteiger partial charge in [-0.05, 0) is 30.3 Å². The minimum atomic E-state index is 0.451. The number of thioether (sulfide) groups is 1. The summed E-state index contributed by atoms with van der Waals surface area (Å²) in [5.41, 5.74) is 0.777. The Morgan fingerprint density at radius 2 is 1.85 bits per heavy atom. The maximum atomic E-state index is 6.10. The average Bonchev–Trinajstić information content (AvgIpc) is 2.48. The van der Waals surface area contributed by atoms with Crippen molar-refractivity contribution in [2.75, 3.05) is 13.2 Å². The Balaban J connectivity index is 1.73. The van der Waals surface area contributed by atoms with Crippen LogP contribution in [0.1, 0.15) is 5.69 Å². The molecule has 1 aromatic carbocycles. The van der Waals surface area contributed by atoms with E-state index < -0.39 is 0 Å². The molecule has 104 valence electrons. The number of nitrogens with zero attached hydrogens (tertiary/aromatic N) is 1. The van der Waals surface area contributed by atoms with Crippen LogP contribution in [0.5, 0.6) is 11.5 Å². The molecule has 3 nitrogen and oxygen atoms in total. The lowest BCUT2D eigenvalue weighted by Crippen LogP contribution is -2.15. The van der Waals surface area contributed by atoms with Crippen molar-refractivity contribution in [1.29, 1.82) is 0 Å². The van der Waals surface area contributed by atoms with Crippen LogP contribution < -0.4 is 9.47 Å². The van der Waals surface area contributed by atoms with E-state index in [1.54, 1.807) is 23.9 Å². The van der Waals surface area contributed by atoms with E-state index in [1.807, 2.05) is 18.2 Å². The molecule has 0 fully saturated rings. The second-order valence-corrected chi connectivity index (χ2v) is 6.00. The van der Waals surface area contributed by atoms with Gasteiger partial charge in [0, 0.05) is 10.6 Å². The van der Waals surface area contributed by atoms with Crippen LogP contribution in [-0.4, -0.2) is 18.2 Å². The molecule has 1 aliphatic heterocycles. The molecule has 0 N–H and O–H groups in total. The first-order valence-electron chi connectivity index (χ1n) is 6.06. The monoisotopic (exact) mass is 327 g/mol. The maximum Gasteiger partial charge on any atom is 0.162 e. The lowest BCUT2D eigenvalue weighted by molar-refractivity contribution is 0.171. The molecule has 0 amide bonds. The average molecular weight is 328 g/mol. The van der Waals surface area contributed by atoms with Gasteiger partial charge in [-0.1, -0.05) is 23.2 Å². The van der Waals surface area contributed by atoms with Crippen molar-refractivity contribution < 1.29 is 9.47 Å². The molecule has 0 bridgehead atoms. The molecular formula is C14H11Cl2NO2S. The van der Waals surface area contributed by atoms with Crippen molar-refractivity contribution >= 4 is 35.0 Å². The smallest absolute Gasteiger partial charge is 0.162 e. The van der Waals surface area contributed by atoms with Gasteiger partial charge in [0.25, 0.3) is 0 Å². The Kier molecular flexibility index (Phi) is 4.24. The molecule has 2 heterocycles. The Hall–Kier alpha value is -1.10. The van der Waals surface area contributed by atoms with Crippen LogP contribution >= 0.6 is 35.0 Å². The summed E-state index contributed by atoms with van der Waals surface area (Å²) in [7, 11) is 0. The van der Waals surface area contributed by atoms with Crippen LogP contribution in [-0.2, 0) is 5.75 Å². The van der Waals surface area contributed by atoms with E-state index in [2.05, 4.69) is 4.98 Å². The van der Waals surface area contributed by atoms with Gasteiger partial charge in [0.05, 0.1) is 10.7 Å². The van der Waals surface area contributed by atoms with Crippen molar-refractivity contribution in [1.82, 2.24) is 4.98 Å². The molecular weight excluding hydrogens is 317 g/mol. The molecule has 6 heteroatoms. The summed E-state index contributed by atoms with van der Waals surface area (Å²) in [6, 6.07) is 9.33. The fourth-order valence-electron chi connectivity index (χ4n) is 1.82. The maximum absolute atomic E-state index is 6.10. The number of fused-ring (bicyclic) bond motifs is 1. The predicted octanol–water partition coefficient (Wildman–Crippen LogP) is 4.45. The van der Waals surface area contributed by atoms with Gasteiger partial charge in [-0.2, -0.15) is 0 Å². The molecule has 1 aliphatic rings. The van der Waals surface area contributed by atoms with Gasteiger partial charge in [-0.3, -0.25) is 0 Å². The number of hydrogen-bond acceptors (Lipinski definition) is 4. The SMILES string of the molecule is Clc1ccc(Cl)c(CSc2ccc3c(c2)OCCO3)n1. The first-order chi connectivity index (χ1) is 9.72. The second-order valence-electron chi connectivity index (χ2n) is 4.16. The number of halogens is 2. The zero-order valence-corrected chi connectivity index (χ0v) is 12.8. The minimum absolute atomic E-state index is 0.451. The van der Waals surface area contributed by atoms with Gasteiger partial charge >= 0.3 is 0 Å². The van der Waals surface area contributed by atoms with Crippen molar-refractivity contribution in [3.63, 3.8) is 0 Å². The summed E-state index contributed by atoms with van der Waals surface area (Å²) < 4.78 is 11.0. The van der Waals surface area contributed by atoms with E-state index in [0.29, 0.717) is 29.1 Å². The highest BCUT2D eigenvalue weighted by molar-refractivity contribution is 7.98. The zero-order valence-electron chi connectivity index (χ0n) is 10.4. The molecule has 2 aromatic rings. The third kappa shape index (κ3) is 3.14. The number of ether oxygens (including phenoxy) is 2. The third-order valence-corrected chi connectivity index (χ3v) is 4.33. The Bertz CT molecular complexity index is 637. The molecule has 0 saturated heterocycles. The van der Waals surface area contributed by atoms with E-state index in [0.717, 1.165) is 22.1 Å². The molecule has 0 atom stereocenters. The molecule has 0 aliphatic carbocycles. The lowest BCUT2D eigenvalue weighted by atomic mass is 10.3. The second kappa shape index (κ2) is 6.12. The number of pyridine rings is 1. The minimum Gasteiger partial charge on any atom is -0.486 e. The lowest BCUT2D eigenvalue weighted by Gasteiger charge is -2.18. The summed E-state index contributed by atoms with van der Waals surface area (Å²) in [4.78, 5) is 5.31. The highest BCUT2D eigenvalue weighted by Crippen LogP contribution is 2.35. The molecule has 0 saturated carbocycles. The fraction of sp³-hybridized carbons (Fsp3) is 0.214. The van der Waals surface area contributed by atoms with Crippen LogP contribution in [0.15, 0.2) is 35.2 Å². The van der Waals surface area contributed by atoms with Crippen molar-refractivity contribution in [2.45, 2.75) is 10.6 Å². The molecule has 0 unspecified atom stereocenters. The first-order valence-corrected chi connectivity index (χ1v) is 7.80. The first kappa shape index (κ1) is 13.9. The van der Waals surface area contributed by atoms with E-state index >= 15 is 0 Å². The number of rotatable bonds is 3. The highest BCUT2D eigenvalue weighted by atomic mass is 35.5. The van der Waals surface area contributed by atoms with E-state index in [4.69, 9.17) is 32.7 Å². The van der Waals surface area contributed by atoms with E-state index in [9.17, 15) is 0 Å². The topological polar surface area (TPSA) is 31.4 Å². The quantitative estimate of drug-likeness (QED) is 0.615. The van der Waals surface area contributed by atoms with E-state index in [1.165, 1.54) is 0 Å². The largest absolute Gasteiger partial charge is 0.486 e. The molecule has 20 heavy (non-hydrogen) atoms. The summed E-state index contributed by atoms with van der Waals surface area (Å²) in [6.07, 6.45) is 0. The molecule has 0 radical (unpaired) electrons. The summed E-state index contributed by atoms with van der Waals surface area (Å²) in [5, 5.41) is 1.08. The standard InChI is InChI=1S/C14H11Cl2NO2S/c15-10-2-4-14(16)17-11(10)8-20-9-1-3-12-13(7-9)19-6-5-18-12/h1-4,7H,5-6,8H2. The van der Waals surface area contributed by atoms with Gasteiger partial charge in [-0.25, -0.2) is 4.98 Å². The highest BCUT2D eigenvalue weighted by Gasteiger charge is 2.12. The van der Waals surface area contributed by atoms with E-state index in [-0.39, 0.29) is 0 Å². The van der Waals surface area contributed by atoms with Crippen LogP contribution in [0.25, 0.3) is 0 Å². The van der Waals surface area contributed by atoms with Crippen molar-refractivity contribution in [3.8, 4) is 11.5 Å². The molecule has 1 aromatic heterocycles. The Morgan fingerprint density at radius 1 is 1.05 bits per heavy atom. The molecule has 3 rings (SSSR count). The van der Waals surface area contributed by atoms with Crippen molar-refractivity contribution in [3.05, 3.63) is 46.2 Å². The van der Waals surface area contributed by atoms with Crippen LogP contribution in [0, 0.1) is 0 Å². The summed E-state index contributed by atoms with van der Waals surface area (Å²) >= 11 is 13.6. The zero-order chi connectivity index (χ0) is 13.9.